The van der Waals surface area contributed by atoms with Gasteiger partial charge in [-0.15, -0.1) is 0 Å². The van der Waals surface area contributed by atoms with Crippen LogP contribution in [0.25, 0.3) is 0 Å². The number of hydrogen-bond donors (Lipinski definition) is 0. The summed E-state index contributed by atoms with van der Waals surface area (Å²) in [6, 6.07) is 7.32. The number of benzene rings is 1. The van der Waals surface area contributed by atoms with Crippen LogP contribution in [0, 0.1) is 6.92 Å². The molecule has 4 nitrogen and oxygen atoms in total. The highest BCUT2D eigenvalue weighted by molar-refractivity contribution is 7.91. The van der Waals surface area contributed by atoms with Crippen molar-refractivity contribution in [1.82, 2.24) is 4.90 Å². The number of hydrogen-bond acceptors (Lipinski definition) is 3. The Morgan fingerprint density at radius 2 is 2.14 bits per heavy atom. The summed E-state index contributed by atoms with van der Waals surface area (Å²) in [6.45, 7) is 4.65. The number of aryl methyl sites for hydroxylation is 1. The third-order valence-corrected chi connectivity index (χ3v) is 5.68. The molecule has 1 aliphatic rings. The summed E-state index contributed by atoms with van der Waals surface area (Å²) in [5.41, 5.74) is 1.69. The smallest absolute Gasteiger partial charge is 0.254 e. The SMILES string of the molecule is CCCCN(C(=O)c1cccc(C)c1)[C@@H]1CCS(=O)(=O)C1. The first-order valence-corrected chi connectivity index (χ1v) is 9.33. The van der Waals surface area contributed by atoms with E-state index < -0.39 is 9.84 Å². The van der Waals surface area contributed by atoms with E-state index in [0.717, 1.165) is 18.4 Å². The highest BCUT2D eigenvalue weighted by Gasteiger charge is 2.34. The molecule has 0 radical (unpaired) electrons. The molecule has 1 saturated heterocycles. The molecular formula is C16H23NO3S. The van der Waals surface area contributed by atoms with Crippen LogP contribution in [0.4, 0.5) is 0 Å². The topological polar surface area (TPSA) is 54.5 Å². The Balaban J connectivity index is 2.21. The summed E-state index contributed by atoms with van der Waals surface area (Å²) in [6.07, 6.45) is 2.44. The molecule has 21 heavy (non-hydrogen) atoms. The maximum absolute atomic E-state index is 12.7. The first-order chi connectivity index (χ1) is 9.93. The van der Waals surface area contributed by atoms with Gasteiger partial charge < -0.3 is 4.90 Å². The number of unbranched alkanes of at least 4 members (excludes halogenated alkanes) is 1. The molecule has 1 aromatic carbocycles. The quantitative estimate of drug-likeness (QED) is 0.839. The molecule has 1 fully saturated rings. The van der Waals surface area contributed by atoms with E-state index in [1.807, 2.05) is 25.1 Å². The van der Waals surface area contributed by atoms with E-state index in [0.29, 0.717) is 18.5 Å². The van der Waals surface area contributed by atoms with Crippen molar-refractivity contribution < 1.29 is 13.2 Å². The van der Waals surface area contributed by atoms with Crippen molar-refractivity contribution in [1.29, 1.82) is 0 Å². The van der Waals surface area contributed by atoms with Gasteiger partial charge in [-0.25, -0.2) is 8.42 Å². The Bertz CT molecular complexity index is 610. The number of carbonyl (C=O) groups excluding carboxylic acids is 1. The number of sulfone groups is 1. The fraction of sp³-hybridized carbons (Fsp3) is 0.562. The minimum absolute atomic E-state index is 0.0470. The first kappa shape index (κ1) is 16.0. The van der Waals surface area contributed by atoms with Crippen LogP contribution in [-0.2, 0) is 9.84 Å². The third kappa shape index (κ3) is 4.06. The molecule has 1 amide bonds. The van der Waals surface area contributed by atoms with Crippen molar-refractivity contribution in [2.45, 2.75) is 39.2 Å². The number of nitrogens with zero attached hydrogens (tertiary/aromatic N) is 1. The normalized spacial score (nSPS) is 20.4. The minimum Gasteiger partial charge on any atom is -0.335 e. The molecule has 0 saturated carbocycles. The lowest BCUT2D eigenvalue weighted by Crippen LogP contribution is -2.41. The van der Waals surface area contributed by atoms with E-state index in [-0.39, 0.29) is 23.5 Å². The molecule has 0 bridgehead atoms. The highest BCUT2D eigenvalue weighted by Crippen LogP contribution is 2.21. The zero-order valence-electron chi connectivity index (χ0n) is 12.7. The van der Waals surface area contributed by atoms with Gasteiger partial charge in [0.1, 0.15) is 0 Å². The van der Waals surface area contributed by atoms with Gasteiger partial charge in [-0.3, -0.25) is 4.79 Å². The van der Waals surface area contributed by atoms with E-state index >= 15 is 0 Å². The minimum atomic E-state index is -2.98. The van der Waals surface area contributed by atoms with Crippen LogP contribution in [0.2, 0.25) is 0 Å². The van der Waals surface area contributed by atoms with Crippen molar-refractivity contribution >= 4 is 15.7 Å². The molecule has 1 aliphatic heterocycles. The van der Waals surface area contributed by atoms with Gasteiger partial charge >= 0.3 is 0 Å². The van der Waals surface area contributed by atoms with E-state index in [9.17, 15) is 13.2 Å². The zero-order valence-corrected chi connectivity index (χ0v) is 13.5. The van der Waals surface area contributed by atoms with E-state index in [4.69, 9.17) is 0 Å². The van der Waals surface area contributed by atoms with Crippen LogP contribution in [0.5, 0.6) is 0 Å². The average Bonchev–Trinajstić information content (AvgIpc) is 2.79. The molecule has 1 heterocycles. The molecule has 2 rings (SSSR count). The average molecular weight is 309 g/mol. The molecular weight excluding hydrogens is 286 g/mol. The Labute approximate surface area is 127 Å². The summed E-state index contributed by atoms with van der Waals surface area (Å²) < 4.78 is 23.4. The van der Waals surface area contributed by atoms with E-state index in [1.165, 1.54) is 0 Å². The Morgan fingerprint density at radius 3 is 2.71 bits per heavy atom. The summed E-state index contributed by atoms with van der Waals surface area (Å²) in [7, 11) is -2.98. The van der Waals surface area contributed by atoms with Crippen LogP contribution >= 0.6 is 0 Å². The lowest BCUT2D eigenvalue weighted by Gasteiger charge is -2.28. The van der Waals surface area contributed by atoms with Crippen molar-refractivity contribution in [3.63, 3.8) is 0 Å². The van der Waals surface area contributed by atoms with E-state index in [2.05, 4.69) is 6.92 Å². The summed E-state index contributed by atoms with van der Waals surface area (Å²) in [4.78, 5) is 14.5. The Morgan fingerprint density at radius 1 is 1.38 bits per heavy atom. The lowest BCUT2D eigenvalue weighted by atomic mass is 10.1. The maximum Gasteiger partial charge on any atom is 0.254 e. The molecule has 0 aromatic heterocycles. The molecule has 116 valence electrons. The molecule has 1 atom stereocenters. The number of carbonyl (C=O) groups is 1. The first-order valence-electron chi connectivity index (χ1n) is 7.51. The standard InChI is InChI=1S/C16H23NO3S/c1-3-4-9-17(15-8-10-21(19,20)12-15)16(18)14-7-5-6-13(2)11-14/h5-7,11,15H,3-4,8-10,12H2,1-2H3/t15-/m1/s1. The lowest BCUT2D eigenvalue weighted by molar-refractivity contribution is 0.0694. The van der Waals surface area contributed by atoms with Gasteiger partial charge in [0, 0.05) is 18.2 Å². The molecule has 0 spiro atoms. The third-order valence-electron chi connectivity index (χ3n) is 3.93. The van der Waals surface area contributed by atoms with Crippen LogP contribution in [-0.4, -0.2) is 43.3 Å². The largest absolute Gasteiger partial charge is 0.335 e. The Hall–Kier alpha value is -1.36. The van der Waals surface area contributed by atoms with Crippen LogP contribution in [0.3, 0.4) is 0 Å². The van der Waals surface area contributed by atoms with Crippen molar-refractivity contribution in [2.75, 3.05) is 18.1 Å². The maximum atomic E-state index is 12.7. The van der Waals surface area contributed by atoms with Crippen LogP contribution in [0.1, 0.15) is 42.1 Å². The van der Waals surface area contributed by atoms with Crippen LogP contribution in [0.15, 0.2) is 24.3 Å². The summed E-state index contributed by atoms with van der Waals surface area (Å²) >= 11 is 0. The highest BCUT2D eigenvalue weighted by atomic mass is 32.2. The second-order valence-electron chi connectivity index (χ2n) is 5.78. The zero-order chi connectivity index (χ0) is 15.5. The van der Waals surface area contributed by atoms with Gasteiger partial charge in [-0.05, 0) is 31.9 Å². The van der Waals surface area contributed by atoms with Crippen molar-refractivity contribution in [2.24, 2.45) is 0 Å². The number of amides is 1. The second kappa shape index (κ2) is 6.60. The van der Waals surface area contributed by atoms with Gasteiger partial charge in [0.25, 0.3) is 5.91 Å². The van der Waals surface area contributed by atoms with Gasteiger partial charge in [0.2, 0.25) is 0 Å². The molecule has 1 aromatic rings. The van der Waals surface area contributed by atoms with E-state index in [1.54, 1.807) is 11.0 Å². The molecule has 0 N–H and O–H groups in total. The summed E-state index contributed by atoms with van der Waals surface area (Å²) in [5.74, 6) is 0.254. The monoisotopic (exact) mass is 309 g/mol. The fourth-order valence-corrected chi connectivity index (χ4v) is 4.47. The number of rotatable bonds is 5. The Kier molecular flexibility index (Phi) is 5.04. The molecule has 0 aliphatic carbocycles. The van der Waals surface area contributed by atoms with Gasteiger partial charge in [0.05, 0.1) is 11.5 Å². The predicted molar refractivity (Wildman–Crippen MR) is 84.2 cm³/mol. The van der Waals surface area contributed by atoms with Crippen molar-refractivity contribution in [3.05, 3.63) is 35.4 Å². The van der Waals surface area contributed by atoms with Gasteiger partial charge in [-0.2, -0.15) is 0 Å². The van der Waals surface area contributed by atoms with Crippen molar-refractivity contribution in [3.8, 4) is 0 Å². The molecule has 0 unspecified atom stereocenters. The molecule has 5 heteroatoms. The fourth-order valence-electron chi connectivity index (χ4n) is 2.74. The van der Waals surface area contributed by atoms with Gasteiger partial charge in [-0.1, -0.05) is 31.0 Å². The predicted octanol–water partition coefficient (Wildman–Crippen LogP) is 2.42. The second-order valence-corrected chi connectivity index (χ2v) is 8.01. The van der Waals surface area contributed by atoms with Crippen LogP contribution < -0.4 is 0 Å². The van der Waals surface area contributed by atoms with Gasteiger partial charge in [0.15, 0.2) is 9.84 Å². The summed E-state index contributed by atoms with van der Waals surface area (Å²) in [5, 5.41) is 0.